The van der Waals surface area contributed by atoms with Crippen LogP contribution in [0.25, 0.3) is 0 Å². The molecule has 0 amide bonds. The van der Waals surface area contributed by atoms with Crippen molar-refractivity contribution in [2.45, 2.75) is 19.4 Å². The smallest absolute Gasteiger partial charge is 0.309 e. The summed E-state index contributed by atoms with van der Waals surface area (Å²) in [6.45, 7) is 2.22. The molecular formula is C17H23NO4. The number of carbonyl (C=O) groups is 2. The van der Waals surface area contributed by atoms with E-state index in [4.69, 9.17) is 9.47 Å². The fourth-order valence-corrected chi connectivity index (χ4v) is 3.08. The van der Waals surface area contributed by atoms with E-state index in [-0.39, 0.29) is 23.8 Å². The Labute approximate surface area is 131 Å². The molecule has 22 heavy (non-hydrogen) atoms. The fourth-order valence-electron chi connectivity index (χ4n) is 3.08. The van der Waals surface area contributed by atoms with Gasteiger partial charge in [-0.05, 0) is 17.9 Å². The third-order valence-electron chi connectivity index (χ3n) is 4.08. The van der Waals surface area contributed by atoms with E-state index in [1.807, 2.05) is 18.2 Å². The van der Waals surface area contributed by atoms with Gasteiger partial charge < -0.3 is 9.47 Å². The molecule has 0 radical (unpaired) electrons. The molecule has 120 valence electrons. The maximum Gasteiger partial charge on any atom is 0.309 e. The van der Waals surface area contributed by atoms with Crippen LogP contribution in [-0.2, 0) is 25.6 Å². The van der Waals surface area contributed by atoms with Crippen molar-refractivity contribution in [2.24, 2.45) is 11.8 Å². The highest BCUT2D eigenvalue weighted by Gasteiger charge is 2.33. The Morgan fingerprint density at radius 1 is 1.14 bits per heavy atom. The summed E-state index contributed by atoms with van der Waals surface area (Å²) in [5.41, 5.74) is 1.20. The Kier molecular flexibility index (Phi) is 5.95. The number of methoxy groups -OCH3 is 2. The van der Waals surface area contributed by atoms with E-state index in [2.05, 4.69) is 17.0 Å². The fraction of sp³-hybridized carbons (Fsp3) is 0.529. The van der Waals surface area contributed by atoms with E-state index in [9.17, 15) is 9.59 Å². The Bertz CT molecular complexity index is 503. The van der Waals surface area contributed by atoms with Crippen molar-refractivity contribution < 1.29 is 19.1 Å². The monoisotopic (exact) mass is 305 g/mol. The molecule has 1 aliphatic heterocycles. The lowest BCUT2D eigenvalue weighted by Crippen LogP contribution is -2.43. The molecule has 1 aromatic carbocycles. The molecule has 0 N–H and O–H groups in total. The molecular weight excluding hydrogens is 282 g/mol. The Hall–Kier alpha value is -1.88. The maximum atomic E-state index is 11.9. The summed E-state index contributed by atoms with van der Waals surface area (Å²) in [6.07, 6.45) is 1.02. The summed E-state index contributed by atoms with van der Waals surface area (Å²) in [4.78, 5) is 25.7. The first-order valence-electron chi connectivity index (χ1n) is 7.53. The van der Waals surface area contributed by atoms with E-state index in [0.717, 1.165) is 13.1 Å². The first kappa shape index (κ1) is 16.5. The second-order valence-electron chi connectivity index (χ2n) is 5.78. The van der Waals surface area contributed by atoms with E-state index in [1.165, 1.54) is 19.8 Å². The zero-order valence-corrected chi connectivity index (χ0v) is 13.2. The average molecular weight is 305 g/mol. The Balaban J connectivity index is 2.04. The van der Waals surface area contributed by atoms with E-state index in [1.54, 1.807) is 0 Å². The molecule has 1 heterocycles. The number of ether oxygens (including phenoxy) is 2. The highest BCUT2D eigenvalue weighted by Crippen LogP contribution is 2.26. The van der Waals surface area contributed by atoms with Crippen molar-refractivity contribution in [3.63, 3.8) is 0 Å². The van der Waals surface area contributed by atoms with Crippen molar-refractivity contribution in [3.8, 4) is 0 Å². The maximum absolute atomic E-state index is 11.9. The number of nitrogens with zero attached hydrogens (tertiary/aromatic N) is 1. The molecule has 0 aromatic heterocycles. The summed E-state index contributed by atoms with van der Waals surface area (Å²) >= 11 is 0. The SMILES string of the molecule is COC(=O)C[C@@H]1C[C@@H](C(=O)OC)CN(Cc2ccccc2)C1. The summed E-state index contributed by atoms with van der Waals surface area (Å²) in [5.74, 6) is -0.492. The van der Waals surface area contributed by atoms with E-state index >= 15 is 0 Å². The van der Waals surface area contributed by atoms with E-state index in [0.29, 0.717) is 19.4 Å². The van der Waals surface area contributed by atoms with Gasteiger partial charge in [0.15, 0.2) is 0 Å². The van der Waals surface area contributed by atoms with Crippen LogP contribution in [0.4, 0.5) is 0 Å². The number of esters is 2. The molecule has 0 saturated carbocycles. The van der Waals surface area contributed by atoms with Gasteiger partial charge in [0.2, 0.25) is 0 Å². The van der Waals surface area contributed by atoms with Crippen molar-refractivity contribution in [3.05, 3.63) is 35.9 Å². The van der Waals surface area contributed by atoms with Crippen LogP contribution in [0.2, 0.25) is 0 Å². The summed E-state index contributed by atoms with van der Waals surface area (Å²) in [7, 11) is 2.80. The number of rotatable bonds is 5. The predicted octanol–water partition coefficient (Wildman–Crippen LogP) is 1.86. The molecule has 2 atom stereocenters. The molecule has 0 spiro atoms. The van der Waals surface area contributed by atoms with Gasteiger partial charge >= 0.3 is 11.9 Å². The number of hydrogen-bond donors (Lipinski definition) is 0. The molecule has 0 unspecified atom stereocenters. The zero-order chi connectivity index (χ0) is 15.9. The Morgan fingerprint density at radius 2 is 1.86 bits per heavy atom. The Morgan fingerprint density at radius 3 is 2.50 bits per heavy atom. The largest absolute Gasteiger partial charge is 0.469 e. The van der Waals surface area contributed by atoms with Gasteiger partial charge in [-0.25, -0.2) is 0 Å². The van der Waals surface area contributed by atoms with Gasteiger partial charge in [-0.3, -0.25) is 14.5 Å². The number of likely N-dealkylation sites (tertiary alicyclic amines) is 1. The molecule has 1 fully saturated rings. The van der Waals surface area contributed by atoms with Gasteiger partial charge in [0.1, 0.15) is 0 Å². The molecule has 5 nitrogen and oxygen atoms in total. The minimum atomic E-state index is -0.227. The minimum absolute atomic E-state index is 0.119. The third-order valence-corrected chi connectivity index (χ3v) is 4.08. The van der Waals surface area contributed by atoms with Crippen LogP contribution in [0.5, 0.6) is 0 Å². The van der Waals surface area contributed by atoms with Gasteiger partial charge in [0.05, 0.1) is 20.1 Å². The van der Waals surface area contributed by atoms with Crippen LogP contribution in [0.3, 0.4) is 0 Å². The van der Waals surface area contributed by atoms with Crippen LogP contribution in [0.1, 0.15) is 18.4 Å². The second-order valence-corrected chi connectivity index (χ2v) is 5.78. The van der Waals surface area contributed by atoms with Crippen LogP contribution >= 0.6 is 0 Å². The molecule has 0 bridgehead atoms. The van der Waals surface area contributed by atoms with Crippen LogP contribution in [0, 0.1) is 11.8 Å². The number of carbonyl (C=O) groups excluding carboxylic acids is 2. The van der Waals surface area contributed by atoms with E-state index < -0.39 is 0 Å². The van der Waals surface area contributed by atoms with Crippen LogP contribution in [-0.4, -0.2) is 44.1 Å². The van der Waals surface area contributed by atoms with Gasteiger partial charge in [-0.15, -0.1) is 0 Å². The van der Waals surface area contributed by atoms with Crippen LogP contribution < -0.4 is 0 Å². The number of benzene rings is 1. The van der Waals surface area contributed by atoms with Gasteiger partial charge in [0, 0.05) is 26.1 Å². The van der Waals surface area contributed by atoms with Crippen molar-refractivity contribution in [2.75, 3.05) is 27.3 Å². The van der Waals surface area contributed by atoms with Crippen LogP contribution in [0.15, 0.2) is 30.3 Å². The van der Waals surface area contributed by atoms with Gasteiger partial charge in [-0.1, -0.05) is 30.3 Å². The molecule has 1 saturated heterocycles. The molecule has 0 aliphatic carbocycles. The number of hydrogen-bond acceptors (Lipinski definition) is 5. The standard InChI is InChI=1S/C17H23NO4/c1-21-16(19)9-14-8-15(17(20)22-2)12-18(11-14)10-13-6-4-3-5-7-13/h3-7,14-15H,8-12H2,1-2H3/t14-,15+/m0/s1. The lowest BCUT2D eigenvalue weighted by molar-refractivity contribution is -0.150. The second kappa shape index (κ2) is 7.94. The lowest BCUT2D eigenvalue weighted by atomic mass is 9.87. The summed E-state index contributed by atoms with van der Waals surface area (Å²) in [5, 5.41) is 0. The first-order valence-corrected chi connectivity index (χ1v) is 7.53. The van der Waals surface area contributed by atoms with Gasteiger partial charge in [-0.2, -0.15) is 0 Å². The average Bonchev–Trinajstić information content (AvgIpc) is 2.54. The van der Waals surface area contributed by atoms with Crippen molar-refractivity contribution in [1.82, 2.24) is 4.90 Å². The van der Waals surface area contributed by atoms with Crippen molar-refractivity contribution >= 4 is 11.9 Å². The zero-order valence-electron chi connectivity index (χ0n) is 13.2. The first-order chi connectivity index (χ1) is 10.6. The van der Waals surface area contributed by atoms with Gasteiger partial charge in [0.25, 0.3) is 0 Å². The highest BCUT2D eigenvalue weighted by molar-refractivity contribution is 5.73. The predicted molar refractivity (Wildman–Crippen MR) is 82.0 cm³/mol. The number of piperidine rings is 1. The highest BCUT2D eigenvalue weighted by atomic mass is 16.5. The summed E-state index contributed by atoms with van der Waals surface area (Å²) in [6, 6.07) is 10.1. The minimum Gasteiger partial charge on any atom is -0.469 e. The topological polar surface area (TPSA) is 55.8 Å². The molecule has 5 heteroatoms. The normalized spacial score (nSPS) is 22.1. The third kappa shape index (κ3) is 4.56. The molecule has 2 rings (SSSR count). The lowest BCUT2D eigenvalue weighted by Gasteiger charge is -2.36. The molecule has 1 aromatic rings. The summed E-state index contributed by atoms with van der Waals surface area (Å²) < 4.78 is 9.64. The quantitative estimate of drug-likeness (QED) is 0.777. The molecule has 1 aliphatic rings. The van der Waals surface area contributed by atoms with Crippen molar-refractivity contribution in [1.29, 1.82) is 0 Å².